The predicted octanol–water partition coefficient (Wildman–Crippen LogP) is 2.41. The van der Waals surface area contributed by atoms with Crippen LogP contribution in [0, 0.1) is 0 Å². The van der Waals surface area contributed by atoms with Crippen LogP contribution in [-0.2, 0) is 6.54 Å². The van der Waals surface area contributed by atoms with Crippen LogP contribution in [0.5, 0.6) is 0 Å². The van der Waals surface area contributed by atoms with Crippen LogP contribution in [0.1, 0.15) is 10.4 Å². The Kier molecular flexibility index (Phi) is 3.58. The van der Waals surface area contributed by atoms with Gasteiger partial charge in [0.2, 0.25) is 0 Å². The molecule has 21 heavy (non-hydrogen) atoms. The first-order valence-electron chi connectivity index (χ1n) is 6.91. The Morgan fingerprint density at radius 3 is 2.86 bits per heavy atom. The summed E-state index contributed by atoms with van der Waals surface area (Å²) in [6, 6.07) is 6.15. The minimum Gasteiger partial charge on any atom is -0.345 e. The molecule has 5 heteroatoms. The largest absolute Gasteiger partial charge is 0.345 e. The Bertz CT molecular complexity index is 756. The SMILES string of the molecule is CN(C)CCn1cc(C=O)c2ccc(-c3cn[nH]c3)cc21. The highest BCUT2D eigenvalue weighted by Crippen LogP contribution is 2.26. The number of aromatic amines is 1. The minimum absolute atomic E-state index is 0.738. The highest BCUT2D eigenvalue weighted by molar-refractivity contribution is 5.99. The molecule has 0 saturated heterocycles. The van der Waals surface area contributed by atoms with Gasteiger partial charge in [0.25, 0.3) is 0 Å². The number of carbonyl (C=O) groups is 1. The number of aldehydes is 1. The van der Waals surface area contributed by atoms with Crippen LogP contribution in [0.3, 0.4) is 0 Å². The standard InChI is InChI=1S/C16H18N4O/c1-19(2)5-6-20-10-14(11-21)15-4-3-12(7-16(15)20)13-8-17-18-9-13/h3-4,7-11H,5-6H2,1-2H3,(H,17,18). The highest BCUT2D eigenvalue weighted by atomic mass is 16.1. The number of aromatic nitrogens is 3. The van der Waals surface area contributed by atoms with Crippen molar-refractivity contribution in [1.82, 2.24) is 19.7 Å². The number of hydrogen-bond acceptors (Lipinski definition) is 3. The average Bonchev–Trinajstić information content (AvgIpc) is 3.12. The van der Waals surface area contributed by atoms with E-state index >= 15 is 0 Å². The van der Waals surface area contributed by atoms with Crippen molar-refractivity contribution in [3.05, 3.63) is 42.4 Å². The van der Waals surface area contributed by atoms with Gasteiger partial charge < -0.3 is 9.47 Å². The number of H-pyrrole nitrogens is 1. The summed E-state index contributed by atoms with van der Waals surface area (Å²) in [7, 11) is 4.09. The normalized spacial score (nSPS) is 11.4. The summed E-state index contributed by atoms with van der Waals surface area (Å²) >= 11 is 0. The lowest BCUT2D eigenvalue weighted by molar-refractivity contribution is 0.112. The Labute approximate surface area is 123 Å². The molecule has 0 atom stereocenters. The summed E-state index contributed by atoms with van der Waals surface area (Å²) in [6.45, 7) is 1.78. The Morgan fingerprint density at radius 1 is 1.33 bits per heavy atom. The highest BCUT2D eigenvalue weighted by Gasteiger charge is 2.10. The van der Waals surface area contributed by atoms with Crippen molar-refractivity contribution < 1.29 is 4.79 Å². The van der Waals surface area contributed by atoms with Crippen molar-refractivity contribution >= 4 is 17.2 Å². The first-order chi connectivity index (χ1) is 10.2. The molecular formula is C16H18N4O. The molecule has 0 aliphatic carbocycles. The number of nitrogens with one attached hydrogen (secondary N) is 1. The van der Waals surface area contributed by atoms with Crippen molar-refractivity contribution in [3.63, 3.8) is 0 Å². The maximum atomic E-state index is 11.2. The number of carbonyl (C=O) groups excluding carboxylic acids is 1. The molecule has 1 aromatic carbocycles. The number of likely N-dealkylation sites (N-methyl/N-ethyl adjacent to an activating group) is 1. The van der Waals surface area contributed by atoms with E-state index in [1.807, 2.05) is 38.6 Å². The quantitative estimate of drug-likeness (QED) is 0.731. The Balaban J connectivity index is 2.08. The van der Waals surface area contributed by atoms with Gasteiger partial charge in [-0.2, -0.15) is 5.10 Å². The molecule has 0 amide bonds. The molecule has 0 aliphatic rings. The summed E-state index contributed by atoms with van der Waals surface area (Å²) in [5.74, 6) is 0. The van der Waals surface area contributed by atoms with Crippen LogP contribution in [0.4, 0.5) is 0 Å². The van der Waals surface area contributed by atoms with Crippen LogP contribution >= 0.6 is 0 Å². The first-order valence-corrected chi connectivity index (χ1v) is 6.91. The van der Waals surface area contributed by atoms with E-state index in [9.17, 15) is 4.79 Å². The third kappa shape index (κ3) is 2.60. The summed E-state index contributed by atoms with van der Waals surface area (Å²) in [4.78, 5) is 13.4. The third-order valence-corrected chi connectivity index (χ3v) is 3.66. The number of hydrogen-bond donors (Lipinski definition) is 1. The van der Waals surface area contributed by atoms with Gasteiger partial charge in [-0.25, -0.2) is 0 Å². The monoisotopic (exact) mass is 282 g/mol. The zero-order valence-electron chi connectivity index (χ0n) is 12.2. The molecule has 5 nitrogen and oxygen atoms in total. The Morgan fingerprint density at radius 2 is 2.19 bits per heavy atom. The van der Waals surface area contributed by atoms with Gasteiger partial charge in [-0.15, -0.1) is 0 Å². The van der Waals surface area contributed by atoms with E-state index in [0.29, 0.717) is 0 Å². The summed E-state index contributed by atoms with van der Waals surface area (Å²) in [6.07, 6.45) is 6.52. The summed E-state index contributed by atoms with van der Waals surface area (Å²) in [5, 5.41) is 7.81. The molecular weight excluding hydrogens is 264 g/mol. The zero-order chi connectivity index (χ0) is 14.8. The average molecular weight is 282 g/mol. The van der Waals surface area contributed by atoms with Crippen molar-refractivity contribution in [2.75, 3.05) is 20.6 Å². The number of rotatable bonds is 5. The van der Waals surface area contributed by atoms with Gasteiger partial charge in [0.05, 0.1) is 6.20 Å². The molecule has 0 unspecified atom stereocenters. The fourth-order valence-corrected chi connectivity index (χ4v) is 2.50. The molecule has 0 saturated carbocycles. The molecule has 1 N–H and O–H groups in total. The fourth-order valence-electron chi connectivity index (χ4n) is 2.50. The number of fused-ring (bicyclic) bond motifs is 1. The molecule has 0 radical (unpaired) electrons. The second kappa shape index (κ2) is 5.54. The van der Waals surface area contributed by atoms with Gasteiger partial charge in [-0.3, -0.25) is 9.89 Å². The first kappa shape index (κ1) is 13.6. The molecule has 2 aromatic heterocycles. The third-order valence-electron chi connectivity index (χ3n) is 3.66. The van der Waals surface area contributed by atoms with Crippen molar-refractivity contribution in [3.8, 4) is 11.1 Å². The summed E-state index contributed by atoms with van der Waals surface area (Å²) < 4.78 is 2.14. The van der Waals surface area contributed by atoms with E-state index in [2.05, 4.69) is 25.7 Å². The lowest BCUT2D eigenvalue weighted by atomic mass is 10.1. The maximum Gasteiger partial charge on any atom is 0.152 e. The second-order valence-electron chi connectivity index (χ2n) is 5.42. The van der Waals surface area contributed by atoms with E-state index in [4.69, 9.17) is 0 Å². The Hall–Kier alpha value is -2.40. The maximum absolute atomic E-state index is 11.2. The van der Waals surface area contributed by atoms with Gasteiger partial charge in [0.15, 0.2) is 6.29 Å². The van der Waals surface area contributed by atoms with E-state index in [1.54, 1.807) is 6.20 Å². The molecule has 0 aliphatic heterocycles. The lowest BCUT2D eigenvalue weighted by Gasteiger charge is -2.11. The summed E-state index contributed by atoms with van der Waals surface area (Å²) in [5.41, 5.74) is 3.96. The topological polar surface area (TPSA) is 53.9 Å². The molecule has 0 bridgehead atoms. The molecule has 2 heterocycles. The molecule has 3 rings (SSSR count). The van der Waals surface area contributed by atoms with Gasteiger partial charge in [-0.05, 0) is 25.7 Å². The van der Waals surface area contributed by atoms with E-state index in [-0.39, 0.29) is 0 Å². The van der Waals surface area contributed by atoms with Gasteiger partial charge in [0, 0.05) is 47.5 Å². The van der Waals surface area contributed by atoms with Crippen LogP contribution in [0.25, 0.3) is 22.0 Å². The molecule has 3 aromatic rings. The second-order valence-corrected chi connectivity index (χ2v) is 5.42. The van der Waals surface area contributed by atoms with Crippen LogP contribution in [0.15, 0.2) is 36.8 Å². The van der Waals surface area contributed by atoms with Crippen LogP contribution in [0.2, 0.25) is 0 Å². The smallest absolute Gasteiger partial charge is 0.152 e. The molecule has 0 fully saturated rings. The van der Waals surface area contributed by atoms with Crippen molar-refractivity contribution in [2.24, 2.45) is 0 Å². The van der Waals surface area contributed by atoms with Gasteiger partial charge >= 0.3 is 0 Å². The van der Waals surface area contributed by atoms with Crippen LogP contribution < -0.4 is 0 Å². The van der Waals surface area contributed by atoms with E-state index in [0.717, 1.165) is 47.0 Å². The zero-order valence-corrected chi connectivity index (χ0v) is 12.2. The minimum atomic E-state index is 0.738. The van der Waals surface area contributed by atoms with Gasteiger partial charge in [-0.1, -0.05) is 12.1 Å². The fraction of sp³-hybridized carbons (Fsp3) is 0.250. The molecule has 0 spiro atoms. The van der Waals surface area contributed by atoms with Crippen LogP contribution in [-0.4, -0.2) is 46.6 Å². The number of nitrogens with zero attached hydrogens (tertiary/aromatic N) is 3. The van der Waals surface area contributed by atoms with Crippen molar-refractivity contribution in [1.29, 1.82) is 0 Å². The van der Waals surface area contributed by atoms with Gasteiger partial charge in [0.1, 0.15) is 0 Å². The van der Waals surface area contributed by atoms with E-state index in [1.165, 1.54) is 0 Å². The van der Waals surface area contributed by atoms with Crippen molar-refractivity contribution in [2.45, 2.75) is 6.54 Å². The predicted molar refractivity (Wildman–Crippen MR) is 83.5 cm³/mol. The number of benzene rings is 1. The lowest BCUT2D eigenvalue weighted by Crippen LogP contribution is -2.17. The molecule has 108 valence electrons. The van der Waals surface area contributed by atoms with E-state index < -0.39 is 0 Å².